The van der Waals surface area contributed by atoms with Crippen LogP contribution in [0.5, 0.6) is 0 Å². The standard InChI is InChI=1S/C17H22N2O3/c1-4-10-19-16(21)14(12-18)11-17(3,22-13(2)20)15-8-6-5-7-9-15/h5-9,14H,4,10-11H2,1-3H3,(H,19,21). The molecule has 0 aliphatic heterocycles. The van der Waals surface area contributed by atoms with Crippen LogP contribution < -0.4 is 5.32 Å². The molecule has 1 N–H and O–H groups in total. The Hall–Kier alpha value is -2.35. The van der Waals surface area contributed by atoms with E-state index in [1.54, 1.807) is 6.92 Å². The summed E-state index contributed by atoms with van der Waals surface area (Å²) in [5.41, 5.74) is -0.259. The van der Waals surface area contributed by atoms with Gasteiger partial charge in [0.1, 0.15) is 11.5 Å². The van der Waals surface area contributed by atoms with E-state index in [2.05, 4.69) is 5.32 Å². The highest BCUT2D eigenvalue weighted by molar-refractivity contribution is 5.81. The van der Waals surface area contributed by atoms with Gasteiger partial charge in [0, 0.05) is 19.9 Å². The molecule has 1 amide bonds. The largest absolute Gasteiger partial charge is 0.455 e. The van der Waals surface area contributed by atoms with Crippen LogP contribution in [-0.2, 0) is 19.9 Å². The highest BCUT2D eigenvalue weighted by Crippen LogP contribution is 2.32. The summed E-state index contributed by atoms with van der Waals surface area (Å²) in [5, 5.41) is 12.0. The SMILES string of the molecule is CCCNC(=O)C(C#N)CC(C)(OC(C)=O)c1ccccc1. The number of nitriles is 1. The van der Waals surface area contributed by atoms with Gasteiger partial charge in [0.05, 0.1) is 6.07 Å². The van der Waals surface area contributed by atoms with Crippen molar-refractivity contribution >= 4 is 11.9 Å². The van der Waals surface area contributed by atoms with Crippen molar-refractivity contribution < 1.29 is 14.3 Å². The van der Waals surface area contributed by atoms with Crippen molar-refractivity contribution in [3.05, 3.63) is 35.9 Å². The normalized spacial score (nSPS) is 14.3. The lowest BCUT2D eigenvalue weighted by Gasteiger charge is -2.31. The average Bonchev–Trinajstić information content (AvgIpc) is 2.50. The highest BCUT2D eigenvalue weighted by atomic mass is 16.6. The van der Waals surface area contributed by atoms with Gasteiger partial charge in [-0.25, -0.2) is 0 Å². The lowest BCUT2D eigenvalue weighted by Crippen LogP contribution is -2.37. The molecule has 0 bridgehead atoms. The van der Waals surface area contributed by atoms with Gasteiger partial charge in [0.15, 0.2) is 0 Å². The average molecular weight is 302 g/mol. The second kappa shape index (κ2) is 8.18. The Bertz CT molecular complexity index is 551. The summed E-state index contributed by atoms with van der Waals surface area (Å²) in [7, 11) is 0. The molecule has 0 aromatic heterocycles. The van der Waals surface area contributed by atoms with Crippen LogP contribution in [0.1, 0.15) is 39.2 Å². The second-order valence-electron chi connectivity index (χ2n) is 5.37. The third-order valence-electron chi connectivity index (χ3n) is 3.37. The monoisotopic (exact) mass is 302 g/mol. The van der Waals surface area contributed by atoms with E-state index in [9.17, 15) is 14.9 Å². The van der Waals surface area contributed by atoms with Crippen molar-refractivity contribution in [2.24, 2.45) is 5.92 Å². The summed E-state index contributed by atoms with van der Waals surface area (Å²) in [6, 6.07) is 11.2. The molecule has 1 aromatic carbocycles. The van der Waals surface area contributed by atoms with E-state index in [-0.39, 0.29) is 12.3 Å². The molecule has 1 rings (SSSR count). The Morgan fingerprint density at radius 1 is 1.36 bits per heavy atom. The first-order valence-electron chi connectivity index (χ1n) is 7.35. The Morgan fingerprint density at radius 2 is 2.00 bits per heavy atom. The number of ether oxygens (including phenoxy) is 1. The molecule has 0 aliphatic rings. The first-order chi connectivity index (χ1) is 10.4. The molecule has 0 aliphatic carbocycles. The fourth-order valence-corrected chi connectivity index (χ4v) is 2.28. The van der Waals surface area contributed by atoms with Crippen LogP contribution in [0, 0.1) is 17.2 Å². The highest BCUT2D eigenvalue weighted by Gasteiger charge is 2.36. The van der Waals surface area contributed by atoms with Crippen molar-refractivity contribution in [1.82, 2.24) is 5.32 Å². The molecular weight excluding hydrogens is 280 g/mol. The van der Waals surface area contributed by atoms with Gasteiger partial charge in [-0.15, -0.1) is 0 Å². The van der Waals surface area contributed by atoms with Crippen LogP contribution in [0.15, 0.2) is 30.3 Å². The summed E-state index contributed by atoms with van der Waals surface area (Å²) in [6.07, 6.45) is 0.909. The zero-order valence-electron chi connectivity index (χ0n) is 13.3. The lowest BCUT2D eigenvalue weighted by atomic mass is 9.85. The molecular formula is C17H22N2O3. The number of amides is 1. The first kappa shape index (κ1) is 17.7. The molecule has 0 saturated carbocycles. The van der Waals surface area contributed by atoms with Gasteiger partial charge in [-0.05, 0) is 18.9 Å². The maximum atomic E-state index is 12.1. The summed E-state index contributed by atoms with van der Waals surface area (Å²) < 4.78 is 5.44. The van der Waals surface area contributed by atoms with Crippen LogP contribution in [-0.4, -0.2) is 18.4 Å². The molecule has 118 valence electrons. The zero-order valence-corrected chi connectivity index (χ0v) is 13.3. The number of carbonyl (C=O) groups excluding carboxylic acids is 2. The van der Waals surface area contributed by atoms with Gasteiger partial charge in [0.25, 0.3) is 0 Å². The maximum Gasteiger partial charge on any atom is 0.303 e. The predicted octanol–water partition coefficient (Wildman–Crippen LogP) is 2.52. The number of hydrogen-bond acceptors (Lipinski definition) is 4. The minimum Gasteiger partial charge on any atom is -0.455 e. The number of esters is 1. The molecule has 2 unspecified atom stereocenters. The van der Waals surface area contributed by atoms with Crippen LogP contribution >= 0.6 is 0 Å². The van der Waals surface area contributed by atoms with Crippen LogP contribution in [0.4, 0.5) is 0 Å². The van der Waals surface area contributed by atoms with Gasteiger partial charge in [-0.1, -0.05) is 37.3 Å². The Balaban J connectivity index is 3.00. The number of rotatable bonds is 7. The molecule has 0 spiro atoms. The van der Waals surface area contributed by atoms with Crippen molar-refractivity contribution in [3.63, 3.8) is 0 Å². The molecule has 0 heterocycles. The van der Waals surface area contributed by atoms with E-state index in [4.69, 9.17) is 4.74 Å². The fourth-order valence-electron chi connectivity index (χ4n) is 2.28. The van der Waals surface area contributed by atoms with Gasteiger partial charge in [0.2, 0.25) is 5.91 Å². The molecule has 2 atom stereocenters. The van der Waals surface area contributed by atoms with E-state index in [0.29, 0.717) is 6.54 Å². The minimum absolute atomic E-state index is 0.114. The first-order valence-corrected chi connectivity index (χ1v) is 7.35. The summed E-state index contributed by atoms with van der Waals surface area (Å²) >= 11 is 0. The molecule has 0 fully saturated rings. The van der Waals surface area contributed by atoms with Crippen molar-refractivity contribution in [2.45, 2.75) is 39.2 Å². The molecule has 0 radical (unpaired) electrons. The van der Waals surface area contributed by atoms with E-state index in [1.807, 2.05) is 43.3 Å². The van der Waals surface area contributed by atoms with Gasteiger partial charge in [-0.3, -0.25) is 9.59 Å². The lowest BCUT2D eigenvalue weighted by molar-refractivity contribution is -0.159. The van der Waals surface area contributed by atoms with Crippen LogP contribution in [0.3, 0.4) is 0 Å². The van der Waals surface area contributed by atoms with E-state index in [0.717, 1.165) is 12.0 Å². The number of nitrogens with one attached hydrogen (secondary N) is 1. The van der Waals surface area contributed by atoms with E-state index < -0.39 is 17.5 Å². The quantitative estimate of drug-likeness (QED) is 0.785. The Labute approximate surface area is 131 Å². The van der Waals surface area contributed by atoms with Crippen LogP contribution in [0.25, 0.3) is 0 Å². The minimum atomic E-state index is -1.02. The number of benzene rings is 1. The van der Waals surface area contributed by atoms with Crippen molar-refractivity contribution in [2.75, 3.05) is 6.54 Å². The molecule has 5 nitrogen and oxygen atoms in total. The maximum absolute atomic E-state index is 12.1. The summed E-state index contributed by atoms with van der Waals surface area (Å²) in [4.78, 5) is 23.5. The molecule has 22 heavy (non-hydrogen) atoms. The molecule has 5 heteroatoms. The topological polar surface area (TPSA) is 79.2 Å². The Kier molecular flexibility index (Phi) is 6.58. The third-order valence-corrected chi connectivity index (χ3v) is 3.37. The summed E-state index contributed by atoms with van der Waals surface area (Å²) in [5.74, 6) is -1.66. The van der Waals surface area contributed by atoms with Gasteiger partial charge in [-0.2, -0.15) is 5.26 Å². The van der Waals surface area contributed by atoms with Gasteiger partial charge < -0.3 is 10.1 Å². The third kappa shape index (κ3) is 4.88. The zero-order chi connectivity index (χ0) is 16.6. The van der Waals surface area contributed by atoms with Crippen molar-refractivity contribution in [1.29, 1.82) is 5.26 Å². The van der Waals surface area contributed by atoms with Crippen molar-refractivity contribution in [3.8, 4) is 6.07 Å². The second-order valence-corrected chi connectivity index (χ2v) is 5.37. The smallest absolute Gasteiger partial charge is 0.303 e. The number of nitrogens with zero attached hydrogens (tertiary/aromatic N) is 1. The van der Waals surface area contributed by atoms with Gasteiger partial charge >= 0.3 is 5.97 Å². The molecule has 0 saturated heterocycles. The van der Waals surface area contributed by atoms with E-state index >= 15 is 0 Å². The number of carbonyl (C=O) groups is 2. The Morgan fingerprint density at radius 3 is 2.50 bits per heavy atom. The fraction of sp³-hybridized carbons (Fsp3) is 0.471. The van der Waals surface area contributed by atoms with Crippen LogP contribution in [0.2, 0.25) is 0 Å². The number of hydrogen-bond donors (Lipinski definition) is 1. The molecule has 1 aromatic rings. The predicted molar refractivity (Wildman–Crippen MR) is 82.6 cm³/mol. The van der Waals surface area contributed by atoms with E-state index in [1.165, 1.54) is 6.92 Å². The summed E-state index contributed by atoms with van der Waals surface area (Å²) in [6.45, 7) is 5.50.